The van der Waals surface area contributed by atoms with Crippen LogP contribution >= 0.6 is 0 Å². The van der Waals surface area contributed by atoms with Gasteiger partial charge in [0.1, 0.15) is 11.5 Å². The number of carbonyl (C=O) groups is 1. The zero-order valence-electron chi connectivity index (χ0n) is 14.0. The fraction of sp³-hybridized carbons (Fsp3) is 0.278. The fourth-order valence-electron chi connectivity index (χ4n) is 2.15. The van der Waals surface area contributed by atoms with Gasteiger partial charge in [-0.15, -0.1) is 0 Å². The van der Waals surface area contributed by atoms with Crippen LogP contribution in [0.5, 0.6) is 0 Å². The van der Waals surface area contributed by atoms with Crippen molar-refractivity contribution in [1.29, 1.82) is 0 Å². The fourth-order valence-corrected chi connectivity index (χ4v) is 3.20. The molecular formula is C18H21NO5S. The number of ether oxygens (including phenoxy) is 1. The summed E-state index contributed by atoms with van der Waals surface area (Å²) >= 11 is 0. The summed E-state index contributed by atoms with van der Waals surface area (Å²) < 4.78 is 34.2. The summed E-state index contributed by atoms with van der Waals surface area (Å²) in [6, 6.07) is 13.9. The number of hydrogen-bond acceptors (Lipinski definition) is 6. The molecule has 0 fully saturated rings. The lowest BCUT2D eigenvalue weighted by Gasteiger charge is -2.09. The molecule has 7 heteroatoms. The van der Waals surface area contributed by atoms with Crippen LogP contribution in [0.2, 0.25) is 0 Å². The molecule has 6 nitrogen and oxygen atoms in total. The number of hydrogen-bond donors (Lipinski definition) is 1. The minimum atomic E-state index is -3.94. The quantitative estimate of drug-likeness (QED) is 0.335. The van der Waals surface area contributed by atoms with Crippen LogP contribution < -0.4 is 5.73 Å². The van der Waals surface area contributed by atoms with E-state index in [1.165, 1.54) is 6.07 Å². The topological polar surface area (TPSA) is 95.7 Å². The van der Waals surface area contributed by atoms with E-state index in [1.807, 2.05) is 37.3 Å². The molecule has 0 aliphatic rings. The average molecular weight is 363 g/mol. The second-order valence-electron chi connectivity index (χ2n) is 5.57. The molecule has 2 aromatic rings. The number of aryl methyl sites for hydroxylation is 1. The third-order valence-electron chi connectivity index (χ3n) is 3.44. The minimum absolute atomic E-state index is 0.0650. The van der Waals surface area contributed by atoms with E-state index in [2.05, 4.69) is 0 Å². The van der Waals surface area contributed by atoms with Gasteiger partial charge < -0.3 is 10.5 Å². The van der Waals surface area contributed by atoms with Crippen LogP contribution in [0, 0.1) is 6.92 Å². The number of carbonyl (C=O) groups excluding carboxylic acids is 1. The third kappa shape index (κ3) is 5.88. The Morgan fingerprint density at radius 2 is 1.84 bits per heavy atom. The van der Waals surface area contributed by atoms with Crippen molar-refractivity contribution in [3.8, 4) is 0 Å². The predicted molar refractivity (Wildman–Crippen MR) is 94.2 cm³/mol. The predicted octanol–water partition coefficient (Wildman–Crippen LogP) is 2.81. The summed E-state index contributed by atoms with van der Waals surface area (Å²) in [4.78, 5) is 11.6. The van der Waals surface area contributed by atoms with Gasteiger partial charge in [-0.25, -0.2) is 0 Å². The molecule has 134 valence electrons. The molecule has 0 spiro atoms. The smallest absolute Gasteiger partial charge is 0.306 e. The molecule has 0 aromatic heterocycles. The first-order chi connectivity index (χ1) is 11.9. The van der Waals surface area contributed by atoms with Crippen molar-refractivity contribution in [3.05, 3.63) is 59.7 Å². The van der Waals surface area contributed by atoms with Gasteiger partial charge in [0.25, 0.3) is 10.1 Å². The Kier molecular flexibility index (Phi) is 6.55. The van der Waals surface area contributed by atoms with Gasteiger partial charge >= 0.3 is 5.97 Å². The number of nitrogens with two attached hydrogens (primary N) is 1. The van der Waals surface area contributed by atoms with Crippen molar-refractivity contribution in [2.24, 2.45) is 0 Å². The first-order valence-electron chi connectivity index (χ1n) is 7.83. The molecule has 0 saturated carbocycles. The largest absolute Gasteiger partial charge is 0.461 e. The van der Waals surface area contributed by atoms with Gasteiger partial charge in [0.15, 0.2) is 0 Å². The number of benzene rings is 2. The molecule has 0 unspecified atom stereocenters. The van der Waals surface area contributed by atoms with Crippen molar-refractivity contribution in [2.75, 3.05) is 12.3 Å². The van der Waals surface area contributed by atoms with Crippen molar-refractivity contribution < 1.29 is 22.1 Å². The first kappa shape index (κ1) is 19.0. The zero-order valence-corrected chi connectivity index (χ0v) is 14.8. The third-order valence-corrected chi connectivity index (χ3v) is 4.83. The molecule has 2 N–H and O–H groups in total. The average Bonchev–Trinajstić information content (AvgIpc) is 2.57. The Hall–Kier alpha value is -2.38. The number of esters is 1. The van der Waals surface area contributed by atoms with E-state index in [4.69, 9.17) is 14.7 Å². The molecule has 0 aliphatic carbocycles. The minimum Gasteiger partial charge on any atom is -0.461 e. The first-order valence-corrected chi connectivity index (χ1v) is 9.24. The second kappa shape index (κ2) is 8.64. The highest BCUT2D eigenvalue weighted by molar-refractivity contribution is 7.87. The summed E-state index contributed by atoms with van der Waals surface area (Å²) in [6.45, 7) is 1.89. The number of rotatable bonds is 8. The molecule has 0 amide bonds. The summed E-state index contributed by atoms with van der Waals surface area (Å²) in [6.07, 6.45) is 0.310. The molecule has 0 bridgehead atoms. The molecule has 0 heterocycles. The Morgan fingerprint density at radius 3 is 2.52 bits per heavy atom. The van der Waals surface area contributed by atoms with Gasteiger partial charge in [-0.1, -0.05) is 36.4 Å². The monoisotopic (exact) mass is 363 g/mol. The van der Waals surface area contributed by atoms with Crippen molar-refractivity contribution in [1.82, 2.24) is 0 Å². The summed E-state index contributed by atoms with van der Waals surface area (Å²) in [5.41, 5.74) is 7.61. The van der Waals surface area contributed by atoms with Crippen LogP contribution in [0.25, 0.3) is 0 Å². The van der Waals surface area contributed by atoms with Crippen LogP contribution in [-0.4, -0.2) is 21.0 Å². The number of anilines is 1. The summed E-state index contributed by atoms with van der Waals surface area (Å²) in [5.74, 6) is -0.403. The standard InChI is InChI=1S/C18H21NO5S/c1-14-9-10-17(16(19)12-14)25(21,22)24-11-5-8-18(20)23-13-15-6-3-2-4-7-15/h2-4,6-7,9-10,12H,5,8,11,13,19H2,1H3. The SMILES string of the molecule is Cc1ccc(S(=O)(=O)OCCCC(=O)OCc2ccccc2)c(N)c1. The van der Waals surface area contributed by atoms with Gasteiger partial charge in [-0.3, -0.25) is 8.98 Å². The molecule has 2 aromatic carbocycles. The van der Waals surface area contributed by atoms with Crippen LogP contribution in [0.1, 0.15) is 24.0 Å². The molecular weight excluding hydrogens is 342 g/mol. The van der Waals surface area contributed by atoms with Gasteiger partial charge in [0.05, 0.1) is 12.3 Å². The van der Waals surface area contributed by atoms with Crippen molar-refractivity contribution in [3.63, 3.8) is 0 Å². The normalized spacial score (nSPS) is 11.2. The maximum Gasteiger partial charge on any atom is 0.306 e. The maximum atomic E-state index is 12.1. The molecule has 0 radical (unpaired) electrons. The van der Waals surface area contributed by atoms with E-state index < -0.39 is 16.1 Å². The lowest BCUT2D eigenvalue weighted by molar-refractivity contribution is -0.145. The molecule has 0 atom stereocenters. The highest BCUT2D eigenvalue weighted by atomic mass is 32.2. The Bertz CT molecular complexity index is 819. The van der Waals surface area contributed by atoms with E-state index in [-0.39, 0.29) is 36.6 Å². The summed E-state index contributed by atoms with van der Waals surface area (Å²) in [5, 5.41) is 0. The second-order valence-corrected chi connectivity index (χ2v) is 7.15. The van der Waals surface area contributed by atoms with Crippen molar-refractivity contribution in [2.45, 2.75) is 31.3 Å². The van der Waals surface area contributed by atoms with Gasteiger partial charge in [0.2, 0.25) is 0 Å². The van der Waals surface area contributed by atoms with E-state index in [0.29, 0.717) is 0 Å². The lowest BCUT2D eigenvalue weighted by Crippen LogP contribution is -2.12. The molecule has 0 saturated heterocycles. The van der Waals surface area contributed by atoms with E-state index in [0.717, 1.165) is 11.1 Å². The molecule has 0 aliphatic heterocycles. The van der Waals surface area contributed by atoms with Crippen molar-refractivity contribution >= 4 is 21.8 Å². The van der Waals surface area contributed by atoms with E-state index in [9.17, 15) is 13.2 Å². The Labute approximate surface area is 147 Å². The maximum absolute atomic E-state index is 12.1. The Morgan fingerprint density at radius 1 is 1.12 bits per heavy atom. The van der Waals surface area contributed by atoms with Gasteiger partial charge in [-0.2, -0.15) is 8.42 Å². The number of nitrogen functional groups attached to an aromatic ring is 1. The van der Waals surface area contributed by atoms with Crippen LogP contribution in [0.3, 0.4) is 0 Å². The van der Waals surface area contributed by atoms with E-state index in [1.54, 1.807) is 12.1 Å². The lowest BCUT2D eigenvalue weighted by atomic mass is 10.2. The van der Waals surface area contributed by atoms with E-state index >= 15 is 0 Å². The Balaban J connectivity index is 1.75. The molecule has 25 heavy (non-hydrogen) atoms. The van der Waals surface area contributed by atoms with Crippen LogP contribution in [0.4, 0.5) is 5.69 Å². The van der Waals surface area contributed by atoms with Gasteiger partial charge in [0, 0.05) is 6.42 Å². The summed E-state index contributed by atoms with van der Waals surface area (Å²) in [7, 11) is -3.94. The van der Waals surface area contributed by atoms with Crippen LogP contribution in [-0.2, 0) is 30.4 Å². The van der Waals surface area contributed by atoms with Gasteiger partial charge in [-0.05, 0) is 36.6 Å². The van der Waals surface area contributed by atoms with Crippen LogP contribution in [0.15, 0.2) is 53.4 Å². The zero-order chi connectivity index (χ0) is 18.3. The molecule has 2 rings (SSSR count). The highest BCUT2D eigenvalue weighted by Gasteiger charge is 2.18. The highest BCUT2D eigenvalue weighted by Crippen LogP contribution is 2.21.